The summed E-state index contributed by atoms with van der Waals surface area (Å²) in [4.78, 5) is 24.0. The topological polar surface area (TPSA) is 66.4 Å². The maximum Gasteiger partial charge on any atom is 0.329 e. The quantitative estimate of drug-likeness (QED) is 0.759. The van der Waals surface area contributed by atoms with E-state index in [2.05, 4.69) is 5.32 Å². The first kappa shape index (κ1) is 16.6. The number of carboxylic acids is 1. The summed E-state index contributed by atoms with van der Waals surface area (Å²) >= 11 is 1.59. The van der Waals surface area contributed by atoms with Gasteiger partial charge in [-0.2, -0.15) is 0 Å². The van der Waals surface area contributed by atoms with Crippen molar-refractivity contribution in [1.82, 2.24) is 5.32 Å². The summed E-state index contributed by atoms with van der Waals surface area (Å²) < 4.78 is 0. The number of carboxylic acid groups (broad SMARTS) is 1. The van der Waals surface area contributed by atoms with Gasteiger partial charge in [-0.15, -0.1) is 11.8 Å². The summed E-state index contributed by atoms with van der Waals surface area (Å²) in [5.41, 5.74) is 0.0262. The molecule has 0 saturated carbocycles. The Kier molecular flexibility index (Phi) is 6.07. The second-order valence-corrected chi connectivity index (χ2v) is 6.12. The third kappa shape index (κ3) is 4.89. The highest BCUT2D eigenvalue weighted by molar-refractivity contribution is 7.99. The molecule has 0 saturated heterocycles. The van der Waals surface area contributed by atoms with Gasteiger partial charge in [-0.3, -0.25) is 4.79 Å². The van der Waals surface area contributed by atoms with Crippen LogP contribution in [0.2, 0.25) is 0 Å². The molecule has 0 aliphatic carbocycles. The highest BCUT2D eigenvalue weighted by Crippen LogP contribution is 2.19. The van der Waals surface area contributed by atoms with Gasteiger partial charge in [0.05, 0.1) is 0 Å². The lowest BCUT2D eigenvalue weighted by molar-refractivity contribution is -0.146. The molecule has 0 radical (unpaired) electrons. The van der Waals surface area contributed by atoms with Crippen LogP contribution in [0.1, 0.15) is 32.3 Å². The maximum atomic E-state index is 11.8. The number of hydrogen-bond donors (Lipinski definition) is 2. The first-order valence-corrected chi connectivity index (χ1v) is 7.60. The summed E-state index contributed by atoms with van der Waals surface area (Å²) in [5.74, 6) is -0.593. The lowest BCUT2D eigenvalue weighted by atomic mass is 9.99. The zero-order valence-corrected chi connectivity index (χ0v) is 12.9. The highest BCUT2D eigenvalue weighted by Gasteiger charge is 2.32. The van der Waals surface area contributed by atoms with Gasteiger partial charge in [0.15, 0.2) is 0 Å². The predicted molar refractivity (Wildman–Crippen MR) is 81.0 cm³/mol. The van der Waals surface area contributed by atoms with Crippen molar-refractivity contribution in [2.45, 2.75) is 44.0 Å². The van der Waals surface area contributed by atoms with E-state index in [4.69, 9.17) is 5.11 Å². The lowest BCUT2D eigenvalue weighted by Crippen LogP contribution is -2.51. The minimum Gasteiger partial charge on any atom is -0.480 e. The van der Waals surface area contributed by atoms with Gasteiger partial charge in [-0.05, 0) is 32.4 Å². The largest absolute Gasteiger partial charge is 0.480 e. The van der Waals surface area contributed by atoms with E-state index in [9.17, 15) is 9.59 Å². The van der Waals surface area contributed by atoms with Gasteiger partial charge in [0.2, 0.25) is 5.91 Å². The molecule has 0 spiro atoms. The summed E-state index contributed by atoms with van der Waals surface area (Å²) in [6, 6.07) is 8.10. The molecule has 1 unspecified atom stereocenters. The average Bonchev–Trinajstić information content (AvgIpc) is 2.40. The van der Waals surface area contributed by atoms with Crippen molar-refractivity contribution in [3.63, 3.8) is 0 Å². The number of benzene rings is 1. The van der Waals surface area contributed by atoms with Gasteiger partial charge in [-0.25, -0.2) is 4.79 Å². The van der Waals surface area contributed by atoms with Crippen molar-refractivity contribution in [2.75, 3.05) is 5.75 Å². The van der Waals surface area contributed by atoms with Crippen LogP contribution in [0.25, 0.3) is 0 Å². The van der Waals surface area contributed by atoms with Gasteiger partial charge in [0.1, 0.15) is 5.54 Å². The SMILES string of the molecule is CCC(C)(NC(=O)CCSc1ccc(C)cc1)C(=O)O. The standard InChI is InChI=1S/C15H21NO3S/c1-4-15(3,14(18)19)16-13(17)9-10-20-12-7-5-11(2)6-8-12/h5-8H,4,9-10H2,1-3H3,(H,16,17)(H,18,19). The third-order valence-corrected chi connectivity index (χ3v) is 4.23. The molecule has 20 heavy (non-hydrogen) atoms. The number of carbonyl (C=O) groups is 2. The second-order valence-electron chi connectivity index (χ2n) is 4.95. The van der Waals surface area contributed by atoms with Gasteiger partial charge >= 0.3 is 5.97 Å². The third-order valence-electron chi connectivity index (χ3n) is 3.21. The van der Waals surface area contributed by atoms with Crippen molar-refractivity contribution >= 4 is 23.6 Å². The van der Waals surface area contributed by atoms with Gasteiger partial charge in [0.25, 0.3) is 0 Å². The number of nitrogens with one attached hydrogen (secondary N) is 1. The van der Waals surface area contributed by atoms with Crippen molar-refractivity contribution in [2.24, 2.45) is 0 Å². The number of thioether (sulfide) groups is 1. The Balaban J connectivity index is 2.40. The second kappa shape index (κ2) is 7.33. The molecule has 0 bridgehead atoms. The normalized spacial score (nSPS) is 13.6. The molecule has 4 nitrogen and oxygen atoms in total. The Morgan fingerprint density at radius 2 is 1.90 bits per heavy atom. The van der Waals surface area contributed by atoms with Crippen LogP contribution in [0.3, 0.4) is 0 Å². The Morgan fingerprint density at radius 3 is 2.40 bits per heavy atom. The van der Waals surface area contributed by atoms with E-state index in [1.807, 2.05) is 31.2 Å². The molecule has 2 N–H and O–H groups in total. The van der Waals surface area contributed by atoms with Crippen LogP contribution in [-0.4, -0.2) is 28.3 Å². The lowest BCUT2D eigenvalue weighted by Gasteiger charge is -2.24. The molecule has 0 fully saturated rings. The van der Waals surface area contributed by atoms with E-state index in [0.717, 1.165) is 4.90 Å². The minimum absolute atomic E-state index is 0.226. The molecule has 0 aromatic heterocycles. The minimum atomic E-state index is -1.17. The van der Waals surface area contributed by atoms with Crippen molar-refractivity contribution in [3.8, 4) is 0 Å². The molecule has 0 aliphatic heterocycles. The van der Waals surface area contributed by atoms with E-state index >= 15 is 0 Å². The van der Waals surface area contributed by atoms with E-state index in [-0.39, 0.29) is 5.91 Å². The summed E-state index contributed by atoms with van der Waals surface area (Å²) in [6.45, 7) is 5.30. The predicted octanol–water partition coefficient (Wildman–Crippen LogP) is 2.85. The van der Waals surface area contributed by atoms with E-state index in [1.54, 1.807) is 18.7 Å². The van der Waals surface area contributed by atoms with Crippen LogP contribution in [0.5, 0.6) is 0 Å². The number of amides is 1. The molecule has 1 atom stereocenters. The van der Waals surface area contributed by atoms with Crippen LogP contribution < -0.4 is 5.32 Å². The number of rotatable bonds is 7. The van der Waals surface area contributed by atoms with E-state index in [0.29, 0.717) is 18.6 Å². The molecule has 0 heterocycles. The van der Waals surface area contributed by atoms with Gasteiger partial charge < -0.3 is 10.4 Å². The number of carbonyl (C=O) groups excluding carboxylic acids is 1. The van der Waals surface area contributed by atoms with Crippen LogP contribution in [0, 0.1) is 6.92 Å². The molecule has 0 aliphatic rings. The van der Waals surface area contributed by atoms with Crippen LogP contribution >= 0.6 is 11.8 Å². The maximum absolute atomic E-state index is 11.8. The molecule has 1 rings (SSSR count). The summed E-state index contributed by atoms with van der Waals surface area (Å²) in [6.07, 6.45) is 0.667. The fourth-order valence-electron chi connectivity index (χ4n) is 1.56. The van der Waals surface area contributed by atoms with E-state index < -0.39 is 11.5 Å². The zero-order chi connectivity index (χ0) is 15.2. The molecule has 1 amide bonds. The van der Waals surface area contributed by atoms with Crippen molar-refractivity contribution in [3.05, 3.63) is 29.8 Å². The monoisotopic (exact) mass is 295 g/mol. The Hall–Kier alpha value is -1.49. The van der Waals surface area contributed by atoms with E-state index in [1.165, 1.54) is 12.5 Å². The fraction of sp³-hybridized carbons (Fsp3) is 0.467. The molecule has 5 heteroatoms. The highest BCUT2D eigenvalue weighted by atomic mass is 32.2. The van der Waals surface area contributed by atoms with Gasteiger partial charge in [0, 0.05) is 17.1 Å². The first-order valence-electron chi connectivity index (χ1n) is 6.61. The number of aryl methyl sites for hydroxylation is 1. The summed E-state index contributed by atoms with van der Waals surface area (Å²) in [5, 5.41) is 11.7. The Labute approximate surface area is 124 Å². The molecular formula is C15H21NO3S. The molecule has 1 aromatic carbocycles. The molecule has 1 aromatic rings. The van der Waals surface area contributed by atoms with Crippen molar-refractivity contribution < 1.29 is 14.7 Å². The van der Waals surface area contributed by atoms with Crippen molar-refractivity contribution in [1.29, 1.82) is 0 Å². The van der Waals surface area contributed by atoms with Crippen LogP contribution in [0.4, 0.5) is 0 Å². The van der Waals surface area contributed by atoms with Crippen LogP contribution in [0.15, 0.2) is 29.2 Å². The van der Waals surface area contributed by atoms with Gasteiger partial charge in [-0.1, -0.05) is 24.6 Å². The molecule has 110 valence electrons. The molecular weight excluding hydrogens is 274 g/mol. The number of aliphatic carboxylic acids is 1. The zero-order valence-electron chi connectivity index (χ0n) is 12.1. The summed E-state index contributed by atoms with van der Waals surface area (Å²) in [7, 11) is 0. The Morgan fingerprint density at radius 1 is 1.30 bits per heavy atom. The Bertz CT molecular complexity index is 473. The first-order chi connectivity index (χ1) is 9.37. The fourth-order valence-corrected chi connectivity index (χ4v) is 2.41. The van der Waals surface area contributed by atoms with Crippen LogP contribution in [-0.2, 0) is 9.59 Å². The average molecular weight is 295 g/mol. The smallest absolute Gasteiger partial charge is 0.329 e. The number of hydrogen-bond acceptors (Lipinski definition) is 3.